The Kier molecular flexibility index (Phi) is 4.21. The monoisotopic (exact) mass is 261 g/mol. The number of halogens is 2. The van der Waals surface area contributed by atoms with Crippen molar-refractivity contribution in [2.75, 3.05) is 13.1 Å². The Labute approximate surface area is 105 Å². The molecule has 1 nitrogen and oxygen atoms in total. The van der Waals surface area contributed by atoms with Gasteiger partial charge in [-0.25, -0.2) is 0 Å². The molecule has 0 bridgehead atoms. The van der Waals surface area contributed by atoms with E-state index in [1.54, 1.807) is 0 Å². The maximum Gasteiger partial charge on any atom is 0.0556 e. The molecule has 4 heteroatoms. The highest BCUT2D eigenvalue weighted by Gasteiger charge is 2.15. The normalized spacial score (nSPS) is 18.0. The Morgan fingerprint density at radius 3 is 2.60 bits per heavy atom. The third-order valence-corrected chi connectivity index (χ3v) is 4.55. The van der Waals surface area contributed by atoms with Crippen LogP contribution in [-0.4, -0.2) is 18.3 Å². The summed E-state index contributed by atoms with van der Waals surface area (Å²) in [6, 6.07) is 5.72. The lowest BCUT2D eigenvalue weighted by atomic mass is 10.2. The van der Waals surface area contributed by atoms with E-state index in [1.807, 2.05) is 30.0 Å². The molecule has 0 aliphatic carbocycles. The smallest absolute Gasteiger partial charge is 0.0556 e. The first-order chi connectivity index (χ1) is 7.25. The van der Waals surface area contributed by atoms with Crippen LogP contribution in [0.5, 0.6) is 0 Å². The van der Waals surface area contributed by atoms with Gasteiger partial charge in [0.25, 0.3) is 0 Å². The van der Waals surface area contributed by atoms with Crippen LogP contribution in [0.1, 0.15) is 12.8 Å². The second-order valence-corrected chi connectivity index (χ2v) is 5.83. The van der Waals surface area contributed by atoms with Crippen molar-refractivity contribution < 1.29 is 0 Å². The molecule has 0 amide bonds. The zero-order valence-corrected chi connectivity index (χ0v) is 10.6. The molecule has 0 atom stereocenters. The van der Waals surface area contributed by atoms with Crippen LogP contribution in [0.25, 0.3) is 0 Å². The fourth-order valence-electron chi connectivity index (χ4n) is 1.66. The molecule has 1 saturated heterocycles. The predicted molar refractivity (Wildman–Crippen MR) is 68.2 cm³/mol. The van der Waals surface area contributed by atoms with E-state index < -0.39 is 0 Å². The van der Waals surface area contributed by atoms with Crippen LogP contribution in [0.3, 0.4) is 0 Å². The fourth-order valence-corrected chi connectivity index (χ4v) is 3.35. The second-order valence-electron chi connectivity index (χ2n) is 3.64. The van der Waals surface area contributed by atoms with E-state index in [4.69, 9.17) is 23.2 Å². The van der Waals surface area contributed by atoms with Crippen LogP contribution in [0.4, 0.5) is 0 Å². The third-order valence-electron chi connectivity index (χ3n) is 2.47. The van der Waals surface area contributed by atoms with Crippen molar-refractivity contribution in [3.05, 3.63) is 28.2 Å². The predicted octanol–water partition coefficient (Wildman–Crippen LogP) is 3.84. The van der Waals surface area contributed by atoms with Crippen LogP contribution in [0.2, 0.25) is 10.0 Å². The Hall–Kier alpha value is 0.110. The van der Waals surface area contributed by atoms with Gasteiger partial charge in [-0.05, 0) is 44.1 Å². The molecule has 0 saturated carbocycles. The Bertz CT molecular complexity index is 337. The summed E-state index contributed by atoms with van der Waals surface area (Å²) in [5.41, 5.74) is 0. The number of nitrogens with one attached hydrogen (secondary N) is 1. The quantitative estimate of drug-likeness (QED) is 0.869. The molecule has 0 aromatic heterocycles. The third kappa shape index (κ3) is 3.28. The summed E-state index contributed by atoms with van der Waals surface area (Å²) in [6.07, 6.45) is 2.42. The van der Waals surface area contributed by atoms with Crippen molar-refractivity contribution in [2.45, 2.75) is 23.0 Å². The average molecular weight is 262 g/mol. The lowest BCUT2D eigenvalue weighted by Crippen LogP contribution is -2.29. The van der Waals surface area contributed by atoms with Gasteiger partial charge in [0.05, 0.1) is 5.02 Å². The highest BCUT2D eigenvalue weighted by Crippen LogP contribution is 2.34. The first-order valence-electron chi connectivity index (χ1n) is 5.08. The first-order valence-corrected chi connectivity index (χ1v) is 6.72. The standard InChI is InChI=1S/C11H13Cl2NS/c12-8-1-2-11(10(13)7-8)15-9-3-5-14-6-4-9/h1-2,7,9,14H,3-6H2. The zero-order valence-electron chi connectivity index (χ0n) is 8.30. The van der Waals surface area contributed by atoms with Gasteiger partial charge in [0.15, 0.2) is 0 Å². The van der Waals surface area contributed by atoms with Crippen molar-refractivity contribution in [3.8, 4) is 0 Å². The van der Waals surface area contributed by atoms with Crippen LogP contribution in [-0.2, 0) is 0 Å². The molecule has 1 heterocycles. The molecule has 82 valence electrons. The Balaban J connectivity index is 2.03. The van der Waals surface area contributed by atoms with E-state index in [-0.39, 0.29) is 0 Å². The van der Waals surface area contributed by atoms with E-state index in [0.29, 0.717) is 10.3 Å². The van der Waals surface area contributed by atoms with Crippen molar-refractivity contribution >= 4 is 35.0 Å². The van der Waals surface area contributed by atoms with Crippen LogP contribution in [0, 0.1) is 0 Å². The summed E-state index contributed by atoms with van der Waals surface area (Å²) in [7, 11) is 0. The molecule has 1 aromatic rings. The van der Waals surface area contributed by atoms with Gasteiger partial charge in [-0.3, -0.25) is 0 Å². The van der Waals surface area contributed by atoms with Gasteiger partial charge in [0.2, 0.25) is 0 Å². The lowest BCUT2D eigenvalue weighted by molar-refractivity contribution is 0.531. The van der Waals surface area contributed by atoms with Gasteiger partial charge in [-0.1, -0.05) is 23.2 Å². The summed E-state index contributed by atoms with van der Waals surface area (Å²) in [4.78, 5) is 1.15. The van der Waals surface area contributed by atoms with Crippen LogP contribution < -0.4 is 5.32 Å². The van der Waals surface area contributed by atoms with Gasteiger partial charge in [-0.2, -0.15) is 0 Å². The van der Waals surface area contributed by atoms with Gasteiger partial charge in [-0.15, -0.1) is 11.8 Å². The van der Waals surface area contributed by atoms with E-state index in [2.05, 4.69) is 5.32 Å². The highest BCUT2D eigenvalue weighted by molar-refractivity contribution is 8.00. The minimum atomic E-state index is 0.685. The van der Waals surface area contributed by atoms with E-state index in [1.165, 1.54) is 12.8 Å². The van der Waals surface area contributed by atoms with Crippen LogP contribution >= 0.6 is 35.0 Å². The summed E-state index contributed by atoms with van der Waals surface area (Å²) < 4.78 is 0. The number of piperidine rings is 1. The molecule has 0 radical (unpaired) electrons. The van der Waals surface area contributed by atoms with Gasteiger partial charge < -0.3 is 5.32 Å². The first kappa shape index (κ1) is 11.6. The lowest BCUT2D eigenvalue weighted by Gasteiger charge is -2.22. The number of hydrogen-bond acceptors (Lipinski definition) is 2. The molecule has 1 aromatic carbocycles. The Morgan fingerprint density at radius 2 is 1.93 bits per heavy atom. The van der Waals surface area contributed by atoms with E-state index in [9.17, 15) is 0 Å². The summed E-state index contributed by atoms with van der Waals surface area (Å²) in [6.45, 7) is 2.23. The molecule has 15 heavy (non-hydrogen) atoms. The molecule has 1 N–H and O–H groups in total. The van der Waals surface area contributed by atoms with Gasteiger partial charge in [0.1, 0.15) is 0 Å². The van der Waals surface area contributed by atoms with Gasteiger partial charge >= 0.3 is 0 Å². The Morgan fingerprint density at radius 1 is 1.20 bits per heavy atom. The minimum Gasteiger partial charge on any atom is -0.317 e. The van der Waals surface area contributed by atoms with Crippen molar-refractivity contribution in [3.63, 3.8) is 0 Å². The topological polar surface area (TPSA) is 12.0 Å². The summed E-state index contributed by atoms with van der Waals surface area (Å²) in [5, 5.41) is 5.51. The second kappa shape index (κ2) is 5.44. The molecule has 1 aliphatic heterocycles. The van der Waals surface area contributed by atoms with Gasteiger partial charge in [0, 0.05) is 15.2 Å². The molecule has 2 rings (SSSR count). The maximum absolute atomic E-state index is 6.13. The van der Waals surface area contributed by atoms with E-state index in [0.717, 1.165) is 23.0 Å². The zero-order chi connectivity index (χ0) is 10.7. The molecule has 1 fully saturated rings. The van der Waals surface area contributed by atoms with Crippen molar-refractivity contribution in [1.82, 2.24) is 5.32 Å². The fraction of sp³-hybridized carbons (Fsp3) is 0.455. The number of thioether (sulfide) groups is 1. The number of hydrogen-bond donors (Lipinski definition) is 1. The van der Waals surface area contributed by atoms with Crippen molar-refractivity contribution in [2.24, 2.45) is 0 Å². The summed E-state index contributed by atoms with van der Waals surface area (Å²) >= 11 is 13.9. The summed E-state index contributed by atoms with van der Waals surface area (Å²) in [5.74, 6) is 0. The minimum absolute atomic E-state index is 0.685. The molecule has 1 aliphatic rings. The number of rotatable bonds is 2. The molecule has 0 spiro atoms. The maximum atomic E-state index is 6.13. The highest BCUT2D eigenvalue weighted by atomic mass is 35.5. The van der Waals surface area contributed by atoms with E-state index >= 15 is 0 Å². The molecule has 0 unspecified atom stereocenters. The molecular weight excluding hydrogens is 249 g/mol. The average Bonchev–Trinajstić information content (AvgIpc) is 2.24. The molecular formula is C11H13Cl2NS. The SMILES string of the molecule is Clc1ccc(SC2CCNCC2)c(Cl)c1. The van der Waals surface area contributed by atoms with Crippen LogP contribution in [0.15, 0.2) is 23.1 Å². The largest absolute Gasteiger partial charge is 0.317 e. The van der Waals surface area contributed by atoms with Crippen molar-refractivity contribution in [1.29, 1.82) is 0 Å². The number of benzene rings is 1.